The van der Waals surface area contributed by atoms with Gasteiger partial charge in [-0.2, -0.15) is 0 Å². The smallest absolute Gasteiger partial charge is 0.128 e. The molecule has 0 aliphatic carbocycles. The molecule has 2 rings (SSSR count). The molecule has 0 spiro atoms. The summed E-state index contributed by atoms with van der Waals surface area (Å²) in [6, 6.07) is 11.6. The van der Waals surface area contributed by atoms with Crippen LogP contribution in [0.15, 0.2) is 47.5 Å². The van der Waals surface area contributed by atoms with Crippen molar-refractivity contribution in [2.45, 2.75) is 0 Å². The highest BCUT2D eigenvalue weighted by Gasteiger charge is 1.99. The van der Waals surface area contributed by atoms with Crippen LogP contribution in [-0.4, -0.2) is 23.5 Å². The molecule has 4 nitrogen and oxygen atoms in total. The highest BCUT2D eigenvalue weighted by molar-refractivity contribution is 5.85. The average Bonchev–Trinajstić information content (AvgIpc) is 2.38. The molecule has 0 radical (unpaired) electrons. The van der Waals surface area contributed by atoms with Crippen LogP contribution in [0.25, 0.3) is 0 Å². The second kappa shape index (κ2) is 5.23. The topological polar surface area (TPSA) is 62.0 Å². The molecule has 0 atom stereocenters. The minimum Gasteiger partial charge on any atom is -0.508 e. The first kappa shape index (κ1) is 12.0. The van der Waals surface area contributed by atoms with Gasteiger partial charge in [0, 0.05) is 23.9 Å². The summed E-state index contributed by atoms with van der Waals surface area (Å²) in [6.07, 6.45) is 1.53. The molecule has 0 unspecified atom stereocenters. The Labute approximate surface area is 105 Å². The van der Waals surface area contributed by atoms with Gasteiger partial charge in [-0.25, -0.2) is 0 Å². The maximum atomic E-state index is 9.59. The lowest BCUT2D eigenvalue weighted by Gasteiger charge is -2.01. The van der Waals surface area contributed by atoms with Crippen molar-refractivity contribution in [3.63, 3.8) is 0 Å². The number of phenolic OH excluding ortho intramolecular Hbond substituents is 2. The monoisotopic (exact) mass is 243 g/mol. The molecule has 0 aromatic heterocycles. The molecule has 0 aliphatic heterocycles. The number of aliphatic imine (C=N–C) groups is 1. The molecule has 4 heteroatoms. The van der Waals surface area contributed by atoms with Crippen molar-refractivity contribution < 1.29 is 14.9 Å². The van der Waals surface area contributed by atoms with Crippen molar-refractivity contribution in [1.29, 1.82) is 0 Å². The van der Waals surface area contributed by atoms with Crippen LogP contribution in [0.3, 0.4) is 0 Å². The first-order valence-electron chi connectivity index (χ1n) is 5.39. The van der Waals surface area contributed by atoms with Gasteiger partial charge in [0.05, 0.1) is 12.8 Å². The predicted octanol–water partition coefficient (Wildman–Crippen LogP) is 2.86. The third kappa shape index (κ3) is 2.79. The Hall–Kier alpha value is -2.49. The molecule has 92 valence electrons. The molecule has 18 heavy (non-hydrogen) atoms. The van der Waals surface area contributed by atoms with Gasteiger partial charge in [0.15, 0.2) is 0 Å². The van der Waals surface area contributed by atoms with Crippen LogP contribution in [0, 0.1) is 0 Å². The number of benzene rings is 2. The van der Waals surface area contributed by atoms with E-state index < -0.39 is 0 Å². The summed E-state index contributed by atoms with van der Waals surface area (Å²) in [7, 11) is 1.59. The Bertz CT molecular complexity index is 579. The minimum absolute atomic E-state index is 0.0124. The van der Waals surface area contributed by atoms with Gasteiger partial charge in [-0.3, -0.25) is 4.99 Å². The Morgan fingerprint density at radius 2 is 1.94 bits per heavy atom. The van der Waals surface area contributed by atoms with Gasteiger partial charge in [0.1, 0.15) is 17.2 Å². The first-order valence-corrected chi connectivity index (χ1v) is 5.39. The van der Waals surface area contributed by atoms with E-state index in [0.717, 1.165) is 11.4 Å². The zero-order valence-corrected chi connectivity index (χ0v) is 9.87. The molecule has 2 N–H and O–H groups in total. The lowest BCUT2D eigenvalue weighted by atomic mass is 10.2. The standard InChI is InChI=1S/C14H13NO3/c1-18-13-4-2-3-11(7-13)15-9-10-5-6-12(16)8-14(10)17/h2-9,16-17H,1H3/b15-9+. The number of hydrogen-bond acceptors (Lipinski definition) is 4. The molecular weight excluding hydrogens is 230 g/mol. The van der Waals surface area contributed by atoms with Gasteiger partial charge in [-0.05, 0) is 24.3 Å². The fraction of sp³-hybridized carbons (Fsp3) is 0.0714. The van der Waals surface area contributed by atoms with Gasteiger partial charge < -0.3 is 14.9 Å². The summed E-state index contributed by atoms with van der Waals surface area (Å²) < 4.78 is 5.09. The van der Waals surface area contributed by atoms with Crippen LogP contribution in [0.4, 0.5) is 5.69 Å². The Morgan fingerprint density at radius 3 is 2.67 bits per heavy atom. The lowest BCUT2D eigenvalue weighted by molar-refractivity contribution is 0.415. The van der Waals surface area contributed by atoms with E-state index in [9.17, 15) is 10.2 Å². The molecule has 0 fully saturated rings. The van der Waals surface area contributed by atoms with Crippen molar-refractivity contribution in [3.8, 4) is 17.2 Å². The fourth-order valence-corrected chi connectivity index (χ4v) is 1.48. The van der Waals surface area contributed by atoms with Crippen molar-refractivity contribution in [2.24, 2.45) is 4.99 Å². The molecule has 0 bridgehead atoms. The zero-order chi connectivity index (χ0) is 13.0. The third-order valence-corrected chi connectivity index (χ3v) is 2.42. The number of ether oxygens (including phenoxy) is 1. The maximum absolute atomic E-state index is 9.59. The summed E-state index contributed by atoms with van der Waals surface area (Å²) in [5.41, 5.74) is 1.26. The van der Waals surface area contributed by atoms with Crippen LogP contribution < -0.4 is 4.74 Å². The van der Waals surface area contributed by atoms with Crippen molar-refractivity contribution in [3.05, 3.63) is 48.0 Å². The maximum Gasteiger partial charge on any atom is 0.128 e. The summed E-state index contributed by atoms with van der Waals surface area (Å²) >= 11 is 0. The summed E-state index contributed by atoms with van der Waals surface area (Å²) in [5, 5.41) is 18.8. The summed E-state index contributed by atoms with van der Waals surface area (Å²) in [5.74, 6) is 0.729. The van der Waals surface area contributed by atoms with E-state index in [4.69, 9.17) is 4.74 Å². The minimum atomic E-state index is -0.0124. The molecule has 0 amide bonds. The van der Waals surface area contributed by atoms with Crippen molar-refractivity contribution >= 4 is 11.9 Å². The average molecular weight is 243 g/mol. The number of nitrogens with zero attached hydrogens (tertiary/aromatic N) is 1. The van der Waals surface area contributed by atoms with E-state index >= 15 is 0 Å². The van der Waals surface area contributed by atoms with E-state index in [1.54, 1.807) is 19.2 Å². The van der Waals surface area contributed by atoms with Crippen molar-refractivity contribution in [1.82, 2.24) is 0 Å². The number of rotatable bonds is 3. The third-order valence-electron chi connectivity index (χ3n) is 2.42. The Balaban J connectivity index is 2.24. The SMILES string of the molecule is COc1cccc(/N=C/c2ccc(O)cc2O)c1. The molecular formula is C14H13NO3. The van der Waals surface area contributed by atoms with Crippen LogP contribution in [0.2, 0.25) is 0 Å². The normalized spacial score (nSPS) is 10.7. The lowest BCUT2D eigenvalue weighted by Crippen LogP contribution is -1.83. The van der Waals surface area contributed by atoms with E-state index in [0.29, 0.717) is 5.56 Å². The highest BCUT2D eigenvalue weighted by Crippen LogP contribution is 2.23. The van der Waals surface area contributed by atoms with Gasteiger partial charge in [-0.15, -0.1) is 0 Å². The van der Waals surface area contributed by atoms with Gasteiger partial charge in [-0.1, -0.05) is 6.07 Å². The van der Waals surface area contributed by atoms with Crippen LogP contribution in [-0.2, 0) is 0 Å². The van der Waals surface area contributed by atoms with Crippen molar-refractivity contribution in [2.75, 3.05) is 7.11 Å². The second-order valence-corrected chi connectivity index (χ2v) is 3.70. The quantitative estimate of drug-likeness (QED) is 0.815. The van der Waals surface area contributed by atoms with Crippen LogP contribution in [0.1, 0.15) is 5.56 Å². The molecule has 0 aliphatic rings. The Morgan fingerprint density at radius 1 is 1.11 bits per heavy atom. The van der Waals surface area contributed by atoms with E-state index in [2.05, 4.69) is 4.99 Å². The van der Waals surface area contributed by atoms with Crippen LogP contribution >= 0.6 is 0 Å². The summed E-state index contributed by atoms with van der Waals surface area (Å²) in [4.78, 5) is 4.23. The molecule has 0 saturated heterocycles. The molecule has 0 heterocycles. The first-order chi connectivity index (χ1) is 8.69. The predicted molar refractivity (Wildman–Crippen MR) is 70.0 cm³/mol. The largest absolute Gasteiger partial charge is 0.508 e. The van der Waals surface area contributed by atoms with E-state index in [1.165, 1.54) is 18.3 Å². The van der Waals surface area contributed by atoms with Gasteiger partial charge in [0.25, 0.3) is 0 Å². The fourth-order valence-electron chi connectivity index (χ4n) is 1.48. The molecule has 2 aromatic carbocycles. The number of methoxy groups -OCH3 is 1. The van der Waals surface area contributed by atoms with E-state index in [-0.39, 0.29) is 11.5 Å². The Kier molecular flexibility index (Phi) is 3.48. The summed E-state index contributed by atoms with van der Waals surface area (Å²) in [6.45, 7) is 0. The number of aromatic hydroxyl groups is 2. The highest BCUT2D eigenvalue weighted by atomic mass is 16.5. The van der Waals surface area contributed by atoms with Gasteiger partial charge in [0.2, 0.25) is 0 Å². The number of phenols is 2. The van der Waals surface area contributed by atoms with Crippen LogP contribution in [0.5, 0.6) is 17.2 Å². The molecule has 2 aromatic rings. The molecule has 0 saturated carbocycles. The number of hydrogen-bond donors (Lipinski definition) is 2. The second-order valence-electron chi connectivity index (χ2n) is 3.70. The zero-order valence-electron chi connectivity index (χ0n) is 9.87. The van der Waals surface area contributed by atoms with E-state index in [1.807, 2.05) is 18.2 Å². The van der Waals surface area contributed by atoms with Gasteiger partial charge >= 0.3 is 0 Å².